The van der Waals surface area contributed by atoms with Crippen LogP contribution in [-0.4, -0.2) is 36.1 Å². The summed E-state index contributed by atoms with van der Waals surface area (Å²) in [6.45, 7) is 0.739. The second-order valence-corrected chi connectivity index (χ2v) is 5.94. The van der Waals surface area contributed by atoms with Gasteiger partial charge < -0.3 is 20.4 Å². The lowest BCUT2D eigenvalue weighted by Crippen LogP contribution is -2.13. The third-order valence-electron chi connectivity index (χ3n) is 3.68. The van der Waals surface area contributed by atoms with Gasteiger partial charge in [0.2, 0.25) is 5.95 Å². The first kappa shape index (κ1) is 19.0. The largest absolute Gasteiger partial charge is 0.383 e. The molecule has 0 aliphatic carbocycles. The SMILES string of the molecule is COCCNc1nc2c(F)c(F)cc(C(=O)Nc3ccc(F)c(Cl)c3)c2[nH]1. The summed E-state index contributed by atoms with van der Waals surface area (Å²) in [5, 5.41) is 5.11. The molecule has 0 saturated carbocycles. The Labute approximate surface area is 156 Å². The molecule has 6 nitrogen and oxygen atoms in total. The number of methoxy groups -OCH3 is 1. The molecule has 3 rings (SSSR count). The van der Waals surface area contributed by atoms with E-state index in [0.29, 0.717) is 13.2 Å². The number of amides is 1. The van der Waals surface area contributed by atoms with Crippen LogP contribution < -0.4 is 10.6 Å². The summed E-state index contributed by atoms with van der Waals surface area (Å²) in [5.74, 6) is -3.63. The predicted octanol–water partition coefficient (Wildman–Crippen LogP) is 3.94. The van der Waals surface area contributed by atoms with Crippen LogP contribution in [0.2, 0.25) is 5.02 Å². The number of hydrogen-bond acceptors (Lipinski definition) is 4. The number of H-pyrrole nitrogens is 1. The minimum Gasteiger partial charge on any atom is -0.383 e. The van der Waals surface area contributed by atoms with Gasteiger partial charge in [0.25, 0.3) is 5.91 Å². The molecule has 27 heavy (non-hydrogen) atoms. The molecule has 0 saturated heterocycles. The van der Waals surface area contributed by atoms with E-state index in [1.807, 2.05) is 0 Å². The van der Waals surface area contributed by atoms with E-state index in [2.05, 4.69) is 20.6 Å². The lowest BCUT2D eigenvalue weighted by Gasteiger charge is -2.07. The van der Waals surface area contributed by atoms with Crippen LogP contribution in [0.1, 0.15) is 10.4 Å². The van der Waals surface area contributed by atoms with Gasteiger partial charge in [-0.2, -0.15) is 0 Å². The van der Waals surface area contributed by atoms with Gasteiger partial charge in [0, 0.05) is 19.3 Å². The molecule has 1 aromatic heterocycles. The first-order chi connectivity index (χ1) is 12.9. The van der Waals surface area contributed by atoms with Crippen molar-refractivity contribution in [1.82, 2.24) is 9.97 Å². The lowest BCUT2D eigenvalue weighted by molar-refractivity contribution is 0.102. The van der Waals surface area contributed by atoms with E-state index in [-0.39, 0.29) is 33.3 Å². The Balaban J connectivity index is 1.95. The quantitative estimate of drug-likeness (QED) is 0.549. The zero-order valence-corrected chi connectivity index (χ0v) is 14.8. The zero-order valence-electron chi connectivity index (χ0n) is 14.0. The standard InChI is InChI=1S/C17H14ClF3N4O2/c1-27-5-4-22-17-24-14-9(7-12(20)13(21)15(14)25-17)16(26)23-8-2-3-11(19)10(18)6-8/h2-3,6-7H,4-5H2,1H3,(H,23,26)(H2,22,24,25). The summed E-state index contributed by atoms with van der Waals surface area (Å²) in [5.41, 5.74) is -0.282. The molecule has 0 spiro atoms. The summed E-state index contributed by atoms with van der Waals surface area (Å²) < 4.78 is 46.1. The molecule has 0 bridgehead atoms. The number of imidazole rings is 1. The van der Waals surface area contributed by atoms with E-state index >= 15 is 0 Å². The fourth-order valence-corrected chi connectivity index (χ4v) is 2.59. The maximum atomic E-state index is 14.1. The third-order valence-corrected chi connectivity index (χ3v) is 3.97. The van der Waals surface area contributed by atoms with Crippen molar-refractivity contribution in [2.24, 2.45) is 0 Å². The molecule has 0 radical (unpaired) electrons. The first-order valence-electron chi connectivity index (χ1n) is 7.77. The van der Waals surface area contributed by atoms with Gasteiger partial charge in [0.05, 0.1) is 22.7 Å². The highest BCUT2D eigenvalue weighted by Crippen LogP contribution is 2.26. The first-order valence-corrected chi connectivity index (χ1v) is 8.15. The second-order valence-electron chi connectivity index (χ2n) is 5.53. The van der Waals surface area contributed by atoms with Crippen molar-refractivity contribution in [3.8, 4) is 0 Å². The maximum absolute atomic E-state index is 14.1. The average molecular weight is 399 g/mol. The molecule has 2 aromatic carbocycles. The van der Waals surface area contributed by atoms with Crippen molar-refractivity contribution < 1.29 is 22.7 Å². The van der Waals surface area contributed by atoms with E-state index in [0.717, 1.165) is 12.1 Å². The minimum atomic E-state index is -1.22. The van der Waals surface area contributed by atoms with Crippen molar-refractivity contribution in [1.29, 1.82) is 0 Å². The number of nitrogens with zero attached hydrogens (tertiary/aromatic N) is 1. The number of aromatic amines is 1. The van der Waals surface area contributed by atoms with E-state index in [4.69, 9.17) is 16.3 Å². The molecular formula is C17H14ClF3N4O2. The second kappa shape index (κ2) is 7.85. The van der Waals surface area contributed by atoms with Crippen LogP contribution in [0.3, 0.4) is 0 Å². The Kier molecular flexibility index (Phi) is 5.52. The number of ether oxygens (including phenoxy) is 1. The predicted molar refractivity (Wildman–Crippen MR) is 95.7 cm³/mol. The number of nitrogens with one attached hydrogen (secondary N) is 3. The minimum absolute atomic E-state index is 0.0134. The van der Waals surface area contributed by atoms with Gasteiger partial charge in [-0.3, -0.25) is 4.79 Å². The van der Waals surface area contributed by atoms with Crippen LogP contribution >= 0.6 is 11.6 Å². The molecular weight excluding hydrogens is 385 g/mol. The van der Waals surface area contributed by atoms with Crippen molar-refractivity contribution in [2.45, 2.75) is 0 Å². The average Bonchev–Trinajstić information content (AvgIpc) is 3.06. The van der Waals surface area contributed by atoms with E-state index in [1.165, 1.54) is 19.2 Å². The number of carbonyl (C=O) groups excluding carboxylic acids is 1. The number of anilines is 2. The molecule has 0 atom stereocenters. The monoisotopic (exact) mass is 398 g/mol. The number of fused-ring (bicyclic) bond motifs is 1. The summed E-state index contributed by atoms with van der Waals surface area (Å²) in [6.07, 6.45) is 0. The molecule has 0 fully saturated rings. The van der Waals surface area contributed by atoms with Gasteiger partial charge >= 0.3 is 0 Å². The molecule has 10 heteroatoms. The van der Waals surface area contributed by atoms with E-state index < -0.39 is 23.4 Å². The molecule has 3 aromatic rings. The van der Waals surface area contributed by atoms with Gasteiger partial charge in [0.1, 0.15) is 11.3 Å². The molecule has 0 aliphatic heterocycles. The number of carbonyl (C=O) groups is 1. The van der Waals surface area contributed by atoms with Crippen LogP contribution in [0.15, 0.2) is 24.3 Å². The van der Waals surface area contributed by atoms with Gasteiger partial charge in [0.15, 0.2) is 11.6 Å². The fraction of sp³-hybridized carbons (Fsp3) is 0.176. The molecule has 0 aliphatic rings. The highest BCUT2D eigenvalue weighted by Gasteiger charge is 2.21. The Morgan fingerprint density at radius 2 is 2.04 bits per heavy atom. The Morgan fingerprint density at radius 1 is 1.26 bits per heavy atom. The highest BCUT2D eigenvalue weighted by atomic mass is 35.5. The van der Waals surface area contributed by atoms with Crippen LogP contribution in [0.5, 0.6) is 0 Å². The Bertz CT molecular complexity index is 1010. The third kappa shape index (κ3) is 3.99. The normalized spacial score (nSPS) is 11.0. The van der Waals surface area contributed by atoms with E-state index in [9.17, 15) is 18.0 Å². The van der Waals surface area contributed by atoms with Gasteiger partial charge in [-0.25, -0.2) is 18.2 Å². The molecule has 1 amide bonds. The van der Waals surface area contributed by atoms with Crippen molar-refractivity contribution in [2.75, 3.05) is 30.9 Å². The molecule has 0 unspecified atom stereocenters. The molecule has 1 heterocycles. The summed E-state index contributed by atoms with van der Waals surface area (Å²) >= 11 is 5.68. The maximum Gasteiger partial charge on any atom is 0.257 e. The topological polar surface area (TPSA) is 79.0 Å². The number of hydrogen-bond donors (Lipinski definition) is 3. The molecule has 142 valence electrons. The van der Waals surface area contributed by atoms with Crippen molar-refractivity contribution in [3.05, 3.63) is 52.3 Å². The number of rotatable bonds is 6. The van der Waals surface area contributed by atoms with E-state index in [1.54, 1.807) is 0 Å². The molecule has 3 N–H and O–H groups in total. The number of aromatic nitrogens is 2. The summed E-state index contributed by atoms with van der Waals surface area (Å²) in [6, 6.07) is 4.33. The zero-order chi connectivity index (χ0) is 19.6. The van der Waals surface area contributed by atoms with Gasteiger partial charge in [-0.15, -0.1) is 0 Å². The lowest BCUT2D eigenvalue weighted by atomic mass is 10.1. The highest BCUT2D eigenvalue weighted by molar-refractivity contribution is 6.31. The summed E-state index contributed by atoms with van der Waals surface area (Å²) in [4.78, 5) is 19.2. The Hall–Kier alpha value is -2.78. The Morgan fingerprint density at radius 3 is 2.74 bits per heavy atom. The summed E-state index contributed by atoms with van der Waals surface area (Å²) in [7, 11) is 1.51. The van der Waals surface area contributed by atoms with Crippen LogP contribution in [0.4, 0.5) is 24.8 Å². The van der Waals surface area contributed by atoms with Gasteiger partial charge in [-0.05, 0) is 24.3 Å². The van der Waals surface area contributed by atoms with Crippen LogP contribution in [-0.2, 0) is 4.74 Å². The van der Waals surface area contributed by atoms with Crippen LogP contribution in [0, 0.1) is 17.5 Å². The smallest absolute Gasteiger partial charge is 0.257 e. The van der Waals surface area contributed by atoms with Gasteiger partial charge in [-0.1, -0.05) is 11.6 Å². The van der Waals surface area contributed by atoms with Crippen molar-refractivity contribution >= 4 is 40.2 Å². The van der Waals surface area contributed by atoms with Crippen molar-refractivity contribution in [3.63, 3.8) is 0 Å². The fourth-order valence-electron chi connectivity index (χ4n) is 2.41. The number of benzene rings is 2. The van der Waals surface area contributed by atoms with Crippen LogP contribution in [0.25, 0.3) is 11.0 Å². The number of halogens is 4.